The Morgan fingerprint density at radius 2 is 1.51 bits per heavy atom. The number of hydrogen-bond donors (Lipinski definition) is 5. The Hall–Kier alpha value is -5.04. The molecule has 0 unspecified atom stereocenters. The lowest BCUT2D eigenvalue weighted by molar-refractivity contribution is 0.0954. The molecule has 0 aliphatic carbocycles. The molecule has 5 rings (SSSR count). The van der Waals surface area contributed by atoms with E-state index >= 15 is 0 Å². The van der Waals surface area contributed by atoms with Crippen LogP contribution in [0.1, 0.15) is 26.3 Å². The average molecular weight is 491 g/mol. The van der Waals surface area contributed by atoms with Crippen molar-refractivity contribution in [3.05, 3.63) is 120 Å². The minimum Gasteiger partial charge on any atom is -0.508 e. The number of phenolic OH excluding ortho intramolecular Hbond substituents is 1. The molecular weight excluding hydrogens is 464 g/mol. The summed E-state index contributed by atoms with van der Waals surface area (Å²) in [6, 6.07) is 28.9. The van der Waals surface area contributed by atoms with Crippen LogP contribution in [0.3, 0.4) is 0 Å². The van der Waals surface area contributed by atoms with E-state index in [0.717, 1.165) is 22.2 Å². The Morgan fingerprint density at radius 1 is 0.784 bits per heavy atom. The van der Waals surface area contributed by atoms with Crippen LogP contribution in [0.4, 0.5) is 17.1 Å². The summed E-state index contributed by atoms with van der Waals surface area (Å²) in [5.41, 5.74) is 4.75. The topological polar surface area (TPSA) is 106 Å². The molecule has 0 saturated carbocycles. The summed E-state index contributed by atoms with van der Waals surface area (Å²) < 4.78 is 0. The first-order valence-electron chi connectivity index (χ1n) is 12.0. The van der Waals surface area contributed by atoms with Gasteiger partial charge in [0.15, 0.2) is 0 Å². The largest absolute Gasteiger partial charge is 0.508 e. The maximum atomic E-state index is 13.2. The number of phenols is 1. The van der Waals surface area contributed by atoms with Crippen LogP contribution in [0, 0.1) is 0 Å². The van der Waals surface area contributed by atoms with Gasteiger partial charge in [0, 0.05) is 40.6 Å². The zero-order valence-corrected chi connectivity index (χ0v) is 20.0. The van der Waals surface area contributed by atoms with E-state index in [-0.39, 0.29) is 17.6 Å². The van der Waals surface area contributed by atoms with Gasteiger partial charge in [0.2, 0.25) is 0 Å². The number of H-pyrrole nitrogens is 1. The third-order valence-corrected chi connectivity index (χ3v) is 6.04. The van der Waals surface area contributed by atoms with Crippen molar-refractivity contribution >= 4 is 39.8 Å². The van der Waals surface area contributed by atoms with E-state index in [1.807, 2.05) is 72.9 Å². The number of carbonyl (C=O) groups is 2. The van der Waals surface area contributed by atoms with Crippen LogP contribution < -0.4 is 16.0 Å². The molecule has 0 aliphatic heterocycles. The number of carbonyl (C=O) groups excluding carboxylic acids is 2. The van der Waals surface area contributed by atoms with Gasteiger partial charge in [-0.25, -0.2) is 0 Å². The van der Waals surface area contributed by atoms with E-state index in [0.29, 0.717) is 35.5 Å². The predicted molar refractivity (Wildman–Crippen MR) is 147 cm³/mol. The highest BCUT2D eigenvalue weighted by Crippen LogP contribution is 2.25. The van der Waals surface area contributed by atoms with Crippen LogP contribution in [-0.2, 0) is 6.42 Å². The van der Waals surface area contributed by atoms with E-state index in [1.54, 1.807) is 30.3 Å². The van der Waals surface area contributed by atoms with Gasteiger partial charge >= 0.3 is 0 Å². The number of fused-ring (bicyclic) bond motifs is 1. The number of aromatic hydroxyl groups is 1. The van der Waals surface area contributed by atoms with E-state index in [2.05, 4.69) is 20.9 Å². The second-order valence-corrected chi connectivity index (χ2v) is 8.62. The van der Waals surface area contributed by atoms with E-state index in [9.17, 15) is 14.7 Å². The molecule has 0 atom stereocenters. The van der Waals surface area contributed by atoms with Crippen molar-refractivity contribution in [2.75, 3.05) is 17.2 Å². The quantitative estimate of drug-likeness (QED) is 0.188. The van der Waals surface area contributed by atoms with Crippen molar-refractivity contribution < 1.29 is 14.7 Å². The molecule has 184 valence electrons. The smallest absolute Gasteiger partial charge is 0.257 e. The number of rotatable bonds is 8. The molecular formula is C30H26N4O3. The van der Waals surface area contributed by atoms with Gasteiger partial charge in [0.1, 0.15) is 5.75 Å². The highest BCUT2D eigenvalue weighted by atomic mass is 16.3. The Bertz CT molecular complexity index is 1550. The lowest BCUT2D eigenvalue weighted by Crippen LogP contribution is -2.26. The van der Waals surface area contributed by atoms with Gasteiger partial charge in [0.05, 0.1) is 11.3 Å². The van der Waals surface area contributed by atoms with Crippen molar-refractivity contribution in [1.82, 2.24) is 10.3 Å². The van der Waals surface area contributed by atoms with Gasteiger partial charge < -0.3 is 26.0 Å². The number of aromatic nitrogens is 1. The standard InChI is InChI=1S/C30H26N4O3/c35-24-12-14-27-25(18-24)21(19-32-27)15-16-31-29(36)20-11-13-28(33-22-7-3-1-4-8-22)26(17-20)30(37)34-23-9-5-2-6-10-23/h1-14,17-19,32-33,35H,15-16H2,(H,31,36)(H,34,37). The summed E-state index contributed by atoms with van der Waals surface area (Å²) in [5, 5.41) is 19.8. The molecule has 2 amide bonds. The van der Waals surface area contributed by atoms with Crippen LogP contribution >= 0.6 is 0 Å². The summed E-state index contributed by atoms with van der Waals surface area (Å²) in [6.45, 7) is 0.400. The molecule has 1 heterocycles. The third-order valence-electron chi connectivity index (χ3n) is 6.04. The summed E-state index contributed by atoms with van der Waals surface area (Å²) in [6.07, 6.45) is 2.47. The highest BCUT2D eigenvalue weighted by molar-refractivity contribution is 6.10. The normalized spacial score (nSPS) is 10.7. The van der Waals surface area contributed by atoms with Gasteiger partial charge in [-0.15, -0.1) is 0 Å². The van der Waals surface area contributed by atoms with Crippen molar-refractivity contribution in [3.8, 4) is 5.75 Å². The number of benzene rings is 4. The zero-order chi connectivity index (χ0) is 25.6. The van der Waals surface area contributed by atoms with Crippen molar-refractivity contribution in [2.45, 2.75) is 6.42 Å². The highest BCUT2D eigenvalue weighted by Gasteiger charge is 2.16. The second kappa shape index (κ2) is 10.7. The van der Waals surface area contributed by atoms with Crippen molar-refractivity contribution in [3.63, 3.8) is 0 Å². The van der Waals surface area contributed by atoms with Crippen LogP contribution in [0.25, 0.3) is 10.9 Å². The maximum absolute atomic E-state index is 13.2. The molecule has 1 aromatic heterocycles. The molecule has 0 saturated heterocycles. The Kier molecular flexibility index (Phi) is 6.85. The Morgan fingerprint density at radius 3 is 2.27 bits per heavy atom. The van der Waals surface area contributed by atoms with Gasteiger partial charge in [-0.3, -0.25) is 9.59 Å². The van der Waals surface area contributed by atoms with Crippen LogP contribution in [0.5, 0.6) is 5.75 Å². The van der Waals surface area contributed by atoms with E-state index in [4.69, 9.17) is 0 Å². The lowest BCUT2D eigenvalue weighted by Gasteiger charge is -2.14. The fraction of sp³-hybridized carbons (Fsp3) is 0.0667. The molecule has 0 spiro atoms. The summed E-state index contributed by atoms with van der Waals surface area (Å²) in [5.74, 6) is -0.400. The molecule has 0 radical (unpaired) electrons. The zero-order valence-electron chi connectivity index (χ0n) is 20.0. The summed E-state index contributed by atoms with van der Waals surface area (Å²) in [4.78, 5) is 29.4. The average Bonchev–Trinajstić information content (AvgIpc) is 3.32. The molecule has 7 heteroatoms. The number of nitrogens with one attached hydrogen (secondary N) is 4. The van der Waals surface area contributed by atoms with Gasteiger partial charge in [-0.05, 0) is 72.6 Å². The molecule has 4 aromatic carbocycles. The molecule has 5 N–H and O–H groups in total. The van der Waals surface area contributed by atoms with Crippen molar-refractivity contribution in [1.29, 1.82) is 0 Å². The first kappa shape index (κ1) is 23.7. The molecule has 7 nitrogen and oxygen atoms in total. The lowest BCUT2D eigenvalue weighted by atomic mass is 10.1. The first-order valence-corrected chi connectivity index (χ1v) is 12.0. The fourth-order valence-corrected chi connectivity index (χ4v) is 4.17. The monoisotopic (exact) mass is 490 g/mol. The number of anilines is 3. The first-order chi connectivity index (χ1) is 18.1. The molecule has 5 aromatic rings. The van der Waals surface area contributed by atoms with Crippen LogP contribution in [-0.4, -0.2) is 28.4 Å². The van der Waals surface area contributed by atoms with E-state index < -0.39 is 0 Å². The number of hydrogen-bond acceptors (Lipinski definition) is 4. The van der Waals surface area contributed by atoms with Gasteiger partial charge in [-0.1, -0.05) is 36.4 Å². The molecule has 37 heavy (non-hydrogen) atoms. The van der Waals surface area contributed by atoms with Crippen molar-refractivity contribution in [2.24, 2.45) is 0 Å². The Labute approximate surface area is 214 Å². The summed E-state index contributed by atoms with van der Waals surface area (Å²) in [7, 11) is 0. The summed E-state index contributed by atoms with van der Waals surface area (Å²) >= 11 is 0. The fourth-order valence-electron chi connectivity index (χ4n) is 4.17. The molecule has 0 fully saturated rings. The minimum atomic E-state index is -0.321. The predicted octanol–water partition coefficient (Wildman–Crippen LogP) is 5.84. The number of amides is 2. The van der Waals surface area contributed by atoms with Gasteiger partial charge in [-0.2, -0.15) is 0 Å². The van der Waals surface area contributed by atoms with Crippen LogP contribution in [0.15, 0.2) is 103 Å². The third kappa shape index (κ3) is 5.62. The number of para-hydroxylation sites is 2. The SMILES string of the molecule is O=C(NCCc1c[nH]c2ccc(O)cc12)c1ccc(Nc2ccccc2)c(C(=O)Nc2ccccc2)c1. The number of aromatic amines is 1. The molecule has 0 bridgehead atoms. The maximum Gasteiger partial charge on any atom is 0.257 e. The Balaban J connectivity index is 1.33. The van der Waals surface area contributed by atoms with Gasteiger partial charge in [0.25, 0.3) is 11.8 Å². The minimum absolute atomic E-state index is 0.197. The van der Waals surface area contributed by atoms with E-state index in [1.165, 1.54) is 0 Å². The van der Waals surface area contributed by atoms with Crippen LogP contribution in [0.2, 0.25) is 0 Å². The molecule has 0 aliphatic rings. The second-order valence-electron chi connectivity index (χ2n) is 8.62.